The van der Waals surface area contributed by atoms with Crippen LogP contribution in [0.15, 0.2) is 0 Å². The Morgan fingerprint density at radius 1 is 1.14 bits per heavy atom. The molecule has 0 rings (SSSR count). The second kappa shape index (κ2) is 6.41. The van der Waals surface area contributed by atoms with E-state index < -0.39 is 0 Å². The summed E-state index contributed by atoms with van der Waals surface area (Å²) in [6, 6.07) is 0. The van der Waals surface area contributed by atoms with Gasteiger partial charge in [0.15, 0.2) is 0 Å². The van der Waals surface area contributed by atoms with Crippen molar-refractivity contribution in [3.05, 3.63) is 0 Å². The molecule has 0 aliphatic rings. The zero-order valence-electron chi connectivity index (χ0n) is 10.7. The molecule has 0 saturated heterocycles. The van der Waals surface area contributed by atoms with E-state index in [1.165, 1.54) is 0 Å². The average molecular weight is 201 g/mol. The predicted octanol–water partition coefficient (Wildman–Crippen LogP) is 2.54. The lowest BCUT2D eigenvalue weighted by Crippen LogP contribution is -2.33. The van der Waals surface area contributed by atoms with Crippen molar-refractivity contribution in [3.8, 4) is 0 Å². The van der Waals surface area contributed by atoms with Crippen molar-refractivity contribution in [3.63, 3.8) is 0 Å². The van der Waals surface area contributed by atoms with E-state index in [1.54, 1.807) is 7.11 Å². The van der Waals surface area contributed by atoms with Gasteiger partial charge in [-0.25, -0.2) is 0 Å². The Morgan fingerprint density at radius 2 is 1.71 bits per heavy atom. The van der Waals surface area contributed by atoms with E-state index in [1.807, 2.05) is 0 Å². The van der Waals surface area contributed by atoms with Gasteiger partial charge in [-0.2, -0.15) is 0 Å². The van der Waals surface area contributed by atoms with Crippen LogP contribution in [0.25, 0.3) is 0 Å². The lowest BCUT2D eigenvalue weighted by molar-refractivity contribution is 0.155. The highest BCUT2D eigenvalue weighted by atomic mass is 16.5. The highest BCUT2D eigenvalue weighted by molar-refractivity contribution is 4.72. The van der Waals surface area contributed by atoms with Crippen LogP contribution in [0.1, 0.15) is 34.6 Å². The summed E-state index contributed by atoms with van der Waals surface area (Å²) in [6.07, 6.45) is 0. The van der Waals surface area contributed by atoms with Crippen molar-refractivity contribution < 1.29 is 4.74 Å². The Morgan fingerprint density at radius 3 is 2.14 bits per heavy atom. The van der Waals surface area contributed by atoms with Crippen molar-refractivity contribution in [2.24, 2.45) is 17.3 Å². The maximum absolute atomic E-state index is 5.09. The summed E-state index contributed by atoms with van der Waals surface area (Å²) in [7, 11) is 1.76. The molecule has 2 atom stereocenters. The van der Waals surface area contributed by atoms with Crippen LogP contribution in [0.3, 0.4) is 0 Å². The first-order valence-electron chi connectivity index (χ1n) is 5.57. The lowest BCUT2D eigenvalue weighted by Gasteiger charge is -2.28. The van der Waals surface area contributed by atoms with Crippen molar-refractivity contribution in [2.75, 3.05) is 26.8 Å². The van der Waals surface area contributed by atoms with E-state index >= 15 is 0 Å². The van der Waals surface area contributed by atoms with Crippen LogP contribution in [0.2, 0.25) is 0 Å². The molecule has 2 nitrogen and oxygen atoms in total. The highest BCUT2D eigenvalue weighted by Crippen LogP contribution is 2.24. The maximum atomic E-state index is 5.09. The molecule has 1 N–H and O–H groups in total. The maximum Gasteiger partial charge on any atom is 0.0499 e. The minimum absolute atomic E-state index is 0.400. The molecule has 2 unspecified atom stereocenters. The fourth-order valence-corrected chi connectivity index (χ4v) is 1.20. The molecule has 0 bridgehead atoms. The number of nitrogens with one attached hydrogen (secondary N) is 1. The van der Waals surface area contributed by atoms with Gasteiger partial charge in [-0.3, -0.25) is 0 Å². The van der Waals surface area contributed by atoms with Crippen LogP contribution in [0.4, 0.5) is 0 Å². The number of hydrogen-bond acceptors (Lipinski definition) is 2. The Balaban J connectivity index is 3.54. The first-order chi connectivity index (χ1) is 6.38. The molecular weight excluding hydrogens is 174 g/mol. The summed E-state index contributed by atoms with van der Waals surface area (Å²) in [6.45, 7) is 14.4. The minimum Gasteiger partial charge on any atom is -0.384 e. The van der Waals surface area contributed by atoms with Gasteiger partial charge >= 0.3 is 0 Å². The fourth-order valence-electron chi connectivity index (χ4n) is 1.20. The molecule has 0 aromatic rings. The standard InChI is InChI=1S/C12H27NO/c1-10(9-14-6)7-13-8-11(2)12(3,4)5/h10-11,13H,7-9H2,1-6H3. The third-order valence-electron chi connectivity index (χ3n) is 2.87. The lowest BCUT2D eigenvalue weighted by atomic mass is 9.82. The molecule has 14 heavy (non-hydrogen) atoms. The van der Waals surface area contributed by atoms with Gasteiger partial charge in [-0.05, 0) is 30.3 Å². The summed E-state index contributed by atoms with van der Waals surface area (Å²) in [5.74, 6) is 1.31. The molecule has 0 amide bonds. The average Bonchev–Trinajstić information content (AvgIpc) is 2.02. The van der Waals surface area contributed by atoms with Crippen molar-refractivity contribution in [1.29, 1.82) is 0 Å². The van der Waals surface area contributed by atoms with Gasteiger partial charge in [0, 0.05) is 13.7 Å². The number of hydrogen-bond donors (Lipinski definition) is 1. The van der Waals surface area contributed by atoms with Crippen LogP contribution < -0.4 is 5.32 Å². The van der Waals surface area contributed by atoms with Crippen LogP contribution in [0.5, 0.6) is 0 Å². The molecule has 2 heteroatoms. The van der Waals surface area contributed by atoms with E-state index in [-0.39, 0.29) is 0 Å². The molecule has 0 radical (unpaired) electrons. The molecule has 0 aromatic carbocycles. The van der Waals surface area contributed by atoms with Crippen LogP contribution in [0, 0.1) is 17.3 Å². The second-order valence-electron chi connectivity index (χ2n) is 5.49. The third kappa shape index (κ3) is 6.39. The third-order valence-corrected chi connectivity index (χ3v) is 2.87. The summed E-state index contributed by atoms with van der Waals surface area (Å²) in [5.41, 5.74) is 0.400. The van der Waals surface area contributed by atoms with Crippen LogP contribution in [-0.4, -0.2) is 26.8 Å². The van der Waals surface area contributed by atoms with Crippen molar-refractivity contribution in [1.82, 2.24) is 5.32 Å². The van der Waals surface area contributed by atoms with E-state index in [0.29, 0.717) is 17.3 Å². The van der Waals surface area contributed by atoms with Gasteiger partial charge in [-0.1, -0.05) is 34.6 Å². The normalized spacial score (nSPS) is 16.7. The van der Waals surface area contributed by atoms with E-state index in [0.717, 1.165) is 19.7 Å². The number of ether oxygens (including phenoxy) is 1. The summed E-state index contributed by atoms with van der Waals surface area (Å²) in [4.78, 5) is 0. The van der Waals surface area contributed by atoms with E-state index in [2.05, 4.69) is 39.9 Å². The Labute approximate surface area is 89.4 Å². The van der Waals surface area contributed by atoms with Crippen LogP contribution in [-0.2, 0) is 4.74 Å². The van der Waals surface area contributed by atoms with E-state index in [4.69, 9.17) is 4.74 Å². The molecule has 0 aliphatic heterocycles. The van der Waals surface area contributed by atoms with E-state index in [9.17, 15) is 0 Å². The quantitative estimate of drug-likeness (QED) is 0.713. The van der Waals surface area contributed by atoms with Crippen LogP contribution >= 0.6 is 0 Å². The van der Waals surface area contributed by atoms with Gasteiger partial charge in [0.1, 0.15) is 0 Å². The predicted molar refractivity (Wildman–Crippen MR) is 62.5 cm³/mol. The second-order valence-corrected chi connectivity index (χ2v) is 5.49. The molecule has 86 valence electrons. The van der Waals surface area contributed by atoms with Gasteiger partial charge in [0.05, 0.1) is 0 Å². The summed E-state index contributed by atoms with van der Waals surface area (Å²) in [5, 5.41) is 3.50. The summed E-state index contributed by atoms with van der Waals surface area (Å²) < 4.78 is 5.09. The Kier molecular flexibility index (Phi) is 6.38. The number of rotatable bonds is 6. The molecular formula is C12H27NO. The minimum atomic E-state index is 0.400. The van der Waals surface area contributed by atoms with Gasteiger partial charge in [-0.15, -0.1) is 0 Å². The molecule has 0 spiro atoms. The van der Waals surface area contributed by atoms with Gasteiger partial charge in [0.25, 0.3) is 0 Å². The Bertz CT molecular complexity index is 140. The molecule has 0 saturated carbocycles. The van der Waals surface area contributed by atoms with Gasteiger partial charge < -0.3 is 10.1 Å². The SMILES string of the molecule is COCC(C)CNCC(C)C(C)(C)C. The molecule has 0 aliphatic carbocycles. The topological polar surface area (TPSA) is 21.3 Å². The highest BCUT2D eigenvalue weighted by Gasteiger charge is 2.19. The van der Waals surface area contributed by atoms with Gasteiger partial charge in [0.2, 0.25) is 0 Å². The number of methoxy groups -OCH3 is 1. The molecule has 0 aromatic heterocycles. The first kappa shape index (κ1) is 13.9. The monoisotopic (exact) mass is 201 g/mol. The zero-order valence-corrected chi connectivity index (χ0v) is 10.7. The summed E-state index contributed by atoms with van der Waals surface area (Å²) >= 11 is 0. The molecule has 0 heterocycles. The largest absolute Gasteiger partial charge is 0.384 e. The molecule has 0 fully saturated rings. The first-order valence-corrected chi connectivity index (χ1v) is 5.57. The zero-order chi connectivity index (χ0) is 11.2. The smallest absolute Gasteiger partial charge is 0.0499 e. The van der Waals surface area contributed by atoms with Crippen molar-refractivity contribution >= 4 is 0 Å². The fraction of sp³-hybridized carbons (Fsp3) is 1.00. The van der Waals surface area contributed by atoms with Crippen molar-refractivity contribution in [2.45, 2.75) is 34.6 Å². The Hall–Kier alpha value is -0.0800.